The van der Waals surface area contributed by atoms with Crippen molar-refractivity contribution < 1.29 is 4.74 Å². The predicted octanol–water partition coefficient (Wildman–Crippen LogP) is 1.82. The van der Waals surface area contributed by atoms with Crippen LogP contribution in [0.2, 0.25) is 0 Å². The van der Waals surface area contributed by atoms with E-state index in [4.69, 9.17) is 4.74 Å². The Morgan fingerprint density at radius 2 is 2.29 bits per heavy atom. The molecule has 1 N–H and O–H groups in total. The predicted molar refractivity (Wildman–Crippen MR) is 58.2 cm³/mol. The summed E-state index contributed by atoms with van der Waals surface area (Å²) in [4.78, 5) is 0. The Kier molecular flexibility index (Phi) is 3.60. The van der Waals surface area contributed by atoms with Gasteiger partial charge < -0.3 is 10.1 Å². The number of nitrogens with one attached hydrogen (secondary N) is 1. The SMILES string of the molecule is COCCCNC[C@@H]1C[C@@H]2C=C[C@H]1C2. The Balaban J connectivity index is 1.56. The Morgan fingerprint density at radius 3 is 2.93 bits per heavy atom. The Bertz CT molecular complexity index is 202. The second-order valence-corrected chi connectivity index (χ2v) is 4.59. The molecule has 0 aliphatic heterocycles. The van der Waals surface area contributed by atoms with E-state index in [2.05, 4.69) is 17.5 Å². The number of hydrogen-bond donors (Lipinski definition) is 1. The van der Waals surface area contributed by atoms with Gasteiger partial charge in [0.25, 0.3) is 0 Å². The summed E-state index contributed by atoms with van der Waals surface area (Å²) in [6.07, 6.45) is 8.80. The highest BCUT2D eigenvalue weighted by atomic mass is 16.5. The molecule has 2 bridgehead atoms. The van der Waals surface area contributed by atoms with Gasteiger partial charge in [-0.2, -0.15) is 0 Å². The molecule has 0 saturated heterocycles. The number of rotatable bonds is 6. The lowest BCUT2D eigenvalue weighted by molar-refractivity contribution is 0.193. The molecule has 0 aromatic rings. The highest BCUT2D eigenvalue weighted by Crippen LogP contribution is 2.42. The molecule has 3 atom stereocenters. The molecule has 0 unspecified atom stereocenters. The molecule has 0 heterocycles. The van der Waals surface area contributed by atoms with Crippen LogP contribution in [0.15, 0.2) is 12.2 Å². The van der Waals surface area contributed by atoms with E-state index < -0.39 is 0 Å². The van der Waals surface area contributed by atoms with Gasteiger partial charge in [-0.3, -0.25) is 0 Å². The van der Waals surface area contributed by atoms with Gasteiger partial charge in [0, 0.05) is 13.7 Å². The summed E-state index contributed by atoms with van der Waals surface area (Å²) >= 11 is 0. The summed E-state index contributed by atoms with van der Waals surface area (Å²) in [6.45, 7) is 3.18. The molecule has 2 rings (SSSR count). The van der Waals surface area contributed by atoms with Gasteiger partial charge in [0.1, 0.15) is 0 Å². The van der Waals surface area contributed by atoms with Crippen LogP contribution < -0.4 is 5.32 Å². The molecule has 1 saturated carbocycles. The molecule has 14 heavy (non-hydrogen) atoms. The summed E-state index contributed by atoms with van der Waals surface area (Å²) in [5.74, 6) is 2.70. The first-order valence-electron chi connectivity index (χ1n) is 5.78. The molecular formula is C12H21NO. The van der Waals surface area contributed by atoms with E-state index in [9.17, 15) is 0 Å². The first kappa shape index (κ1) is 10.2. The van der Waals surface area contributed by atoms with E-state index >= 15 is 0 Å². The fourth-order valence-electron chi connectivity index (χ4n) is 2.76. The number of fused-ring (bicyclic) bond motifs is 2. The zero-order valence-corrected chi connectivity index (χ0v) is 9.04. The number of methoxy groups -OCH3 is 1. The monoisotopic (exact) mass is 195 g/mol. The molecule has 0 amide bonds. The van der Waals surface area contributed by atoms with Crippen molar-refractivity contribution >= 4 is 0 Å². The minimum Gasteiger partial charge on any atom is -0.385 e. The summed E-state index contributed by atoms with van der Waals surface area (Å²) < 4.78 is 5.01. The average Bonchev–Trinajstić information content (AvgIpc) is 2.79. The van der Waals surface area contributed by atoms with Gasteiger partial charge in [0.05, 0.1) is 0 Å². The van der Waals surface area contributed by atoms with Crippen molar-refractivity contribution in [1.82, 2.24) is 5.32 Å². The van der Waals surface area contributed by atoms with Crippen LogP contribution in [0, 0.1) is 17.8 Å². The molecule has 1 fully saturated rings. The largest absolute Gasteiger partial charge is 0.385 e. The first-order chi connectivity index (χ1) is 6.90. The van der Waals surface area contributed by atoms with Crippen LogP contribution in [0.25, 0.3) is 0 Å². The van der Waals surface area contributed by atoms with Crippen molar-refractivity contribution in [1.29, 1.82) is 0 Å². The molecule has 0 aromatic heterocycles. The van der Waals surface area contributed by atoms with Crippen molar-refractivity contribution in [3.63, 3.8) is 0 Å². The Morgan fingerprint density at radius 1 is 1.36 bits per heavy atom. The van der Waals surface area contributed by atoms with Crippen molar-refractivity contribution in [2.24, 2.45) is 17.8 Å². The van der Waals surface area contributed by atoms with Crippen molar-refractivity contribution in [3.8, 4) is 0 Å². The molecule has 80 valence electrons. The number of hydrogen-bond acceptors (Lipinski definition) is 2. The van der Waals surface area contributed by atoms with Crippen LogP contribution in [0.5, 0.6) is 0 Å². The van der Waals surface area contributed by atoms with Crippen LogP contribution in [0.3, 0.4) is 0 Å². The van der Waals surface area contributed by atoms with E-state index in [0.717, 1.165) is 37.3 Å². The van der Waals surface area contributed by atoms with Gasteiger partial charge in [0.2, 0.25) is 0 Å². The van der Waals surface area contributed by atoms with Gasteiger partial charge in [-0.1, -0.05) is 12.2 Å². The van der Waals surface area contributed by atoms with Gasteiger partial charge in [0.15, 0.2) is 0 Å². The summed E-state index contributed by atoms with van der Waals surface area (Å²) in [6, 6.07) is 0. The third kappa shape index (κ3) is 2.37. The maximum Gasteiger partial charge on any atom is 0.0474 e. The molecule has 0 spiro atoms. The molecule has 2 nitrogen and oxygen atoms in total. The smallest absolute Gasteiger partial charge is 0.0474 e. The lowest BCUT2D eigenvalue weighted by Crippen LogP contribution is -2.26. The fraction of sp³-hybridized carbons (Fsp3) is 0.833. The van der Waals surface area contributed by atoms with Gasteiger partial charge in [-0.05, 0) is 50.1 Å². The summed E-state index contributed by atoms with van der Waals surface area (Å²) in [5.41, 5.74) is 0. The van der Waals surface area contributed by atoms with E-state index in [1.165, 1.54) is 19.4 Å². The zero-order valence-electron chi connectivity index (χ0n) is 9.04. The molecule has 0 radical (unpaired) electrons. The topological polar surface area (TPSA) is 21.3 Å². The van der Waals surface area contributed by atoms with Crippen LogP contribution >= 0.6 is 0 Å². The Hall–Kier alpha value is -0.340. The maximum absolute atomic E-state index is 5.01. The first-order valence-corrected chi connectivity index (χ1v) is 5.78. The average molecular weight is 195 g/mol. The lowest BCUT2D eigenvalue weighted by atomic mass is 9.94. The van der Waals surface area contributed by atoms with Gasteiger partial charge >= 0.3 is 0 Å². The number of ether oxygens (including phenoxy) is 1. The summed E-state index contributed by atoms with van der Waals surface area (Å²) in [5, 5.41) is 3.53. The minimum atomic E-state index is 0.879. The zero-order chi connectivity index (χ0) is 9.80. The highest BCUT2D eigenvalue weighted by Gasteiger charge is 2.34. The minimum absolute atomic E-state index is 0.879. The van der Waals surface area contributed by atoms with Crippen LogP contribution in [0.4, 0.5) is 0 Å². The van der Waals surface area contributed by atoms with Crippen molar-refractivity contribution in [2.75, 3.05) is 26.8 Å². The standard InChI is InChI=1S/C12H21NO/c1-14-6-2-5-13-9-12-8-10-3-4-11(12)7-10/h3-4,10-13H,2,5-9H2,1H3/t10-,11+,12+/m1/s1. The number of allylic oxidation sites excluding steroid dienone is 2. The normalized spacial score (nSPS) is 34.2. The van der Waals surface area contributed by atoms with Crippen LogP contribution in [0.1, 0.15) is 19.3 Å². The third-order valence-corrected chi connectivity index (χ3v) is 3.52. The maximum atomic E-state index is 5.01. The molecular weight excluding hydrogens is 174 g/mol. The van der Waals surface area contributed by atoms with Crippen molar-refractivity contribution in [3.05, 3.63) is 12.2 Å². The van der Waals surface area contributed by atoms with E-state index in [-0.39, 0.29) is 0 Å². The molecule has 2 aliphatic carbocycles. The highest BCUT2D eigenvalue weighted by molar-refractivity contribution is 5.10. The van der Waals surface area contributed by atoms with Crippen LogP contribution in [-0.2, 0) is 4.74 Å². The van der Waals surface area contributed by atoms with E-state index in [1.807, 2.05) is 0 Å². The lowest BCUT2D eigenvalue weighted by Gasteiger charge is -2.18. The third-order valence-electron chi connectivity index (χ3n) is 3.52. The van der Waals surface area contributed by atoms with Gasteiger partial charge in [-0.15, -0.1) is 0 Å². The molecule has 0 aromatic carbocycles. The van der Waals surface area contributed by atoms with Crippen LogP contribution in [-0.4, -0.2) is 26.8 Å². The molecule has 2 aliphatic rings. The van der Waals surface area contributed by atoms with E-state index in [1.54, 1.807) is 7.11 Å². The molecule has 2 heteroatoms. The van der Waals surface area contributed by atoms with E-state index in [0.29, 0.717) is 0 Å². The second kappa shape index (κ2) is 4.94. The van der Waals surface area contributed by atoms with Gasteiger partial charge in [-0.25, -0.2) is 0 Å². The second-order valence-electron chi connectivity index (χ2n) is 4.59. The summed E-state index contributed by atoms with van der Waals surface area (Å²) in [7, 11) is 1.76. The Labute approximate surface area is 86.7 Å². The fourth-order valence-corrected chi connectivity index (χ4v) is 2.76. The van der Waals surface area contributed by atoms with Crippen molar-refractivity contribution in [2.45, 2.75) is 19.3 Å². The quantitative estimate of drug-likeness (QED) is 0.515.